The van der Waals surface area contributed by atoms with Crippen molar-refractivity contribution in [2.45, 2.75) is 45.0 Å². The van der Waals surface area contributed by atoms with Crippen LogP contribution in [0.15, 0.2) is 29.1 Å². The van der Waals surface area contributed by atoms with Crippen LogP contribution in [0.2, 0.25) is 0 Å². The monoisotopic (exact) mass is 387 g/mol. The summed E-state index contributed by atoms with van der Waals surface area (Å²) in [5, 5.41) is 0. The molecule has 0 aliphatic carbocycles. The second-order valence-electron chi connectivity index (χ2n) is 7.55. The van der Waals surface area contributed by atoms with Crippen molar-refractivity contribution in [3.63, 3.8) is 0 Å². The molecule has 0 radical (unpaired) electrons. The highest BCUT2D eigenvalue weighted by atomic mass is 16.6. The number of oxazole rings is 1. The van der Waals surface area contributed by atoms with Crippen molar-refractivity contribution in [3.8, 4) is 5.75 Å². The normalized spacial score (nSPS) is 22.9. The number of fused-ring (bicyclic) bond motifs is 1. The summed E-state index contributed by atoms with van der Waals surface area (Å²) < 4.78 is 23.3. The largest absolute Gasteiger partial charge is 0.484 e. The van der Waals surface area contributed by atoms with E-state index in [4.69, 9.17) is 18.6 Å². The van der Waals surface area contributed by atoms with Gasteiger partial charge in [0.25, 0.3) is 5.91 Å². The summed E-state index contributed by atoms with van der Waals surface area (Å²) in [5.74, 6) is 1.26. The van der Waals surface area contributed by atoms with Crippen LogP contribution >= 0.6 is 0 Å². The second-order valence-corrected chi connectivity index (χ2v) is 7.55. The van der Waals surface area contributed by atoms with E-state index in [0.717, 1.165) is 5.69 Å². The Morgan fingerprint density at radius 1 is 1.18 bits per heavy atom. The molecule has 2 atom stereocenters. The van der Waals surface area contributed by atoms with Crippen LogP contribution in [-0.2, 0) is 9.47 Å². The number of pyridine rings is 1. The Morgan fingerprint density at radius 2 is 1.89 bits per heavy atom. The fourth-order valence-electron chi connectivity index (χ4n) is 3.50. The van der Waals surface area contributed by atoms with Gasteiger partial charge in [0.1, 0.15) is 29.8 Å². The molecule has 2 fully saturated rings. The number of amides is 1. The second kappa shape index (κ2) is 7.89. The molecule has 0 saturated carbocycles. The topological polar surface area (TPSA) is 86.9 Å². The maximum atomic E-state index is 12.9. The predicted molar refractivity (Wildman–Crippen MR) is 99.4 cm³/mol. The molecule has 4 rings (SSSR count). The average molecular weight is 387 g/mol. The summed E-state index contributed by atoms with van der Waals surface area (Å²) in [6.07, 6.45) is 2.46. The minimum absolute atomic E-state index is 0.0937. The van der Waals surface area contributed by atoms with Gasteiger partial charge in [0.2, 0.25) is 0 Å². The molecule has 28 heavy (non-hydrogen) atoms. The smallest absolute Gasteiger partial charge is 0.276 e. The molecular formula is C20H25N3O5. The number of carbonyl (C=O) groups excluding carboxylic acids is 1. The zero-order valence-corrected chi connectivity index (χ0v) is 16.3. The minimum atomic E-state index is -0.206. The van der Waals surface area contributed by atoms with Crippen molar-refractivity contribution in [1.29, 1.82) is 0 Å². The van der Waals surface area contributed by atoms with E-state index in [9.17, 15) is 4.79 Å². The summed E-state index contributed by atoms with van der Waals surface area (Å²) in [4.78, 5) is 22.9. The minimum Gasteiger partial charge on any atom is -0.484 e. The number of aromatic nitrogens is 2. The lowest BCUT2D eigenvalue weighted by Gasteiger charge is -2.19. The fraction of sp³-hybridized carbons (Fsp3) is 0.550. The number of likely N-dealkylation sites (tertiary alicyclic amines) is 1. The molecule has 0 aromatic carbocycles. The molecule has 0 bridgehead atoms. The van der Waals surface area contributed by atoms with E-state index >= 15 is 0 Å². The van der Waals surface area contributed by atoms with E-state index < -0.39 is 0 Å². The first-order valence-electron chi connectivity index (χ1n) is 9.56. The van der Waals surface area contributed by atoms with Crippen LogP contribution in [0.4, 0.5) is 0 Å². The molecule has 0 spiro atoms. The number of rotatable bonds is 4. The van der Waals surface area contributed by atoms with Gasteiger partial charge in [0.15, 0.2) is 12.1 Å². The Hall–Kier alpha value is -2.45. The van der Waals surface area contributed by atoms with Gasteiger partial charge in [-0.15, -0.1) is 0 Å². The number of hydrogen-bond acceptors (Lipinski definition) is 7. The Labute approximate surface area is 163 Å². The van der Waals surface area contributed by atoms with E-state index in [2.05, 4.69) is 9.97 Å². The Bertz CT molecular complexity index is 804. The number of nitrogens with zero attached hydrogens (tertiary/aromatic N) is 3. The third kappa shape index (κ3) is 3.88. The molecule has 8 nitrogen and oxygen atoms in total. The molecular weight excluding hydrogens is 362 g/mol. The fourth-order valence-corrected chi connectivity index (χ4v) is 3.50. The van der Waals surface area contributed by atoms with Crippen molar-refractivity contribution in [1.82, 2.24) is 14.9 Å². The van der Waals surface area contributed by atoms with Crippen molar-refractivity contribution in [2.24, 2.45) is 0 Å². The van der Waals surface area contributed by atoms with Crippen LogP contribution < -0.4 is 4.74 Å². The van der Waals surface area contributed by atoms with Crippen molar-refractivity contribution in [3.05, 3.63) is 41.9 Å². The molecule has 2 aliphatic heterocycles. The average Bonchev–Trinajstić information content (AvgIpc) is 3.29. The molecule has 2 aromatic heterocycles. The maximum Gasteiger partial charge on any atom is 0.276 e. The van der Waals surface area contributed by atoms with Crippen LogP contribution in [0.1, 0.15) is 41.7 Å². The Kier molecular flexibility index (Phi) is 5.32. The highest BCUT2D eigenvalue weighted by Gasteiger charge is 2.41. The van der Waals surface area contributed by atoms with Crippen LogP contribution in [0.25, 0.3) is 0 Å². The first-order valence-corrected chi connectivity index (χ1v) is 9.56. The SMILES string of the molecule is Cc1ccc(OC2CO[C@H]3CN(C(=O)c4ncoc4C(C)C)C[C@@H]3OC2)cn1. The standard InChI is InChI=1S/C20H25N3O5/c1-12(2)19-18(22-11-27-19)20(24)23-7-16-17(8-23)26-10-15(9-25-16)28-14-5-4-13(3)21-6-14/h4-6,11-12,15-17H,7-10H2,1-3H3/t16-,17-/m0/s1. The van der Waals surface area contributed by atoms with Crippen molar-refractivity contribution in [2.75, 3.05) is 26.3 Å². The number of ether oxygens (including phenoxy) is 3. The predicted octanol–water partition coefficient (Wildman–Crippen LogP) is 2.19. The molecule has 0 unspecified atom stereocenters. The molecule has 2 aromatic rings. The van der Waals surface area contributed by atoms with Crippen LogP contribution in [-0.4, -0.2) is 65.4 Å². The van der Waals surface area contributed by atoms with Crippen LogP contribution in [0, 0.1) is 6.92 Å². The summed E-state index contributed by atoms with van der Waals surface area (Å²) >= 11 is 0. The lowest BCUT2D eigenvalue weighted by molar-refractivity contribution is -0.00461. The highest BCUT2D eigenvalue weighted by Crippen LogP contribution is 2.25. The lowest BCUT2D eigenvalue weighted by atomic mass is 10.1. The molecule has 4 heterocycles. The number of carbonyl (C=O) groups is 1. The van der Waals surface area contributed by atoms with Crippen LogP contribution in [0.5, 0.6) is 5.75 Å². The maximum absolute atomic E-state index is 12.9. The first kappa shape index (κ1) is 18.9. The van der Waals surface area contributed by atoms with E-state index in [-0.39, 0.29) is 30.1 Å². The van der Waals surface area contributed by atoms with Gasteiger partial charge in [0, 0.05) is 24.7 Å². The molecule has 8 heteroatoms. The molecule has 2 aliphatic rings. The number of hydrogen-bond donors (Lipinski definition) is 0. The molecule has 0 N–H and O–H groups in total. The summed E-state index contributed by atoms with van der Waals surface area (Å²) in [7, 11) is 0. The summed E-state index contributed by atoms with van der Waals surface area (Å²) in [6, 6.07) is 3.79. The summed E-state index contributed by atoms with van der Waals surface area (Å²) in [6.45, 7) is 7.61. The Balaban J connectivity index is 1.36. The molecule has 2 saturated heterocycles. The molecule has 1 amide bonds. The van der Waals surface area contributed by atoms with E-state index in [0.29, 0.717) is 43.5 Å². The molecule has 150 valence electrons. The van der Waals surface area contributed by atoms with Gasteiger partial charge in [-0.2, -0.15) is 0 Å². The van der Waals surface area contributed by atoms with Gasteiger partial charge in [-0.3, -0.25) is 9.78 Å². The van der Waals surface area contributed by atoms with Gasteiger partial charge in [-0.25, -0.2) is 4.98 Å². The van der Waals surface area contributed by atoms with Gasteiger partial charge < -0.3 is 23.5 Å². The van der Waals surface area contributed by atoms with E-state index in [1.807, 2.05) is 32.9 Å². The van der Waals surface area contributed by atoms with Crippen molar-refractivity contribution >= 4 is 5.91 Å². The highest BCUT2D eigenvalue weighted by molar-refractivity contribution is 5.93. The first-order chi connectivity index (χ1) is 13.5. The quantitative estimate of drug-likeness (QED) is 0.795. The lowest BCUT2D eigenvalue weighted by Crippen LogP contribution is -2.33. The van der Waals surface area contributed by atoms with Gasteiger partial charge in [0.05, 0.1) is 19.4 Å². The van der Waals surface area contributed by atoms with Gasteiger partial charge >= 0.3 is 0 Å². The Morgan fingerprint density at radius 3 is 2.50 bits per heavy atom. The zero-order valence-electron chi connectivity index (χ0n) is 16.3. The van der Waals surface area contributed by atoms with E-state index in [1.165, 1.54) is 6.39 Å². The van der Waals surface area contributed by atoms with Crippen LogP contribution in [0.3, 0.4) is 0 Å². The van der Waals surface area contributed by atoms with Gasteiger partial charge in [-0.1, -0.05) is 13.8 Å². The summed E-state index contributed by atoms with van der Waals surface area (Å²) in [5.41, 5.74) is 1.31. The number of aryl methyl sites for hydroxylation is 1. The zero-order chi connectivity index (χ0) is 19.7. The van der Waals surface area contributed by atoms with E-state index in [1.54, 1.807) is 11.1 Å². The third-order valence-corrected chi connectivity index (χ3v) is 5.00. The third-order valence-electron chi connectivity index (χ3n) is 5.00. The van der Waals surface area contributed by atoms with Gasteiger partial charge in [-0.05, 0) is 19.1 Å². The van der Waals surface area contributed by atoms with Crippen molar-refractivity contribution < 1.29 is 23.4 Å².